The molecule has 0 N–H and O–H groups in total. The summed E-state index contributed by atoms with van der Waals surface area (Å²) in [6.07, 6.45) is 0. The van der Waals surface area contributed by atoms with Gasteiger partial charge in [0.2, 0.25) is 5.91 Å². The molecule has 1 aliphatic rings. The minimum atomic E-state index is -0.240. The zero-order valence-electron chi connectivity index (χ0n) is 16.1. The molecule has 29 heavy (non-hydrogen) atoms. The number of thioether (sulfide) groups is 1. The van der Waals surface area contributed by atoms with Crippen molar-refractivity contribution >= 4 is 35.0 Å². The first-order chi connectivity index (χ1) is 14.2. The van der Waals surface area contributed by atoms with Crippen LogP contribution in [0.15, 0.2) is 89.8 Å². The summed E-state index contributed by atoms with van der Waals surface area (Å²) >= 11 is 7.76. The highest BCUT2D eigenvalue weighted by molar-refractivity contribution is 8.00. The Kier molecular flexibility index (Phi) is 6.43. The lowest BCUT2D eigenvalue weighted by Crippen LogP contribution is -2.49. The third kappa shape index (κ3) is 4.95. The highest BCUT2D eigenvalue weighted by atomic mass is 35.5. The lowest BCUT2D eigenvalue weighted by atomic mass is 10.1. The van der Waals surface area contributed by atoms with E-state index in [-0.39, 0.29) is 11.2 Å². The van der Waals surface area contributed by atoms with Crippen LogP contribution in [0.5, 0.6) is 0 Å². The van der Waals surface area contributed by atoms with Gasteiger partial charge in [-0.25, -0.2) is 0 Å². The average molecular weight is 423 g/mol. The van der Waals surface area contributed by atoms with Gasteiger partial charge in [-0.15, -0.1) is 11.8 Å². The monoisotopic (exact) mass is 422 g/mol. The summed E-state index contributed by atoms with van der Waals surface area (Å²) < 4.78 is 0. The van der Waals surface area contributed by atoms with Gasteiger partial charge in [-0.1, -0.05) is 66.2 Å². The van der Waals surface area contributed by atoms with Crippen molar-refractivity contribution in [1.29, 1.82) is 0 Å². The van der Waals surface area contributed by atoms with Crippen LogP contribution < -0.4 is 4.90 Å². The number of carbonyl (C=O) groups excluding carboxylic acids is 1. The van der Waals surface area contributed by atoms with Gasteiger partial charge in [-0.3, -0.25) is 4.79 Å². The zero-order valence-corrected chi connectivity index (χ0v) is 17.6. The summed E-state index contributed by atoms with van der Waals surface area (Å²) in [5.41, 5.74) is 2.16. The van der Waals surface area contributed by atoms with Crippen LogP contribution in [0, 0.1) is 0 Å². The second-order valence-electron chi connectivity index (χ2n) is 7.01. The lowest BCUT2D eigenvalue weighted by molar-refractivity contribution is -0.131. The fourth-order valence-electron chi connectivity index (χ4n) is 3.55. The molecule has 5 heteroatoms. The molecule has 3 aromatic carbocycles. The smallest absolute Gasteiger partial charge is 0.240 e. The molecule has 1 atom stereocenters. The van der Waals surface area contributed by atoms with E-state index in [9.17, 15) is 4.79 Å². The number of hydrogen-bond acceptors (Lipinski definition) is 3. The Hall–Kier alpha value is -2.43. The van der Waals surface area contributed by atoms with E-state index in [2.05, 4.69) is 23.1 Å². The van der Waals surface area contributed by atoms with Gasteiger partial charge < -0.3 is 9.80 Å². The molecule has 0 spiro atoms. The first-order valence-corrected chi connectivity index (χ1v) is 11.0. The number of halogens is 1. The van der Waals surface area contributed by atoms with E-state index >= 15 is 0 Å². The first-order valence-electron chi connectivity index (χ1n) is 9.77. The van der Waals surface area contributed by atoms with Crippen molar-refractivity contribution in [3.8, 4) is 0 Å². The molecule has 1 fully saturated rings. The van der Waals surface area contributed by atoms with Crippen molar-refractivity contribution in [2.24, 2.45) is 0 Å². The van der Waals surface area contributed by atoms with Gasteiger partial charge in [-0.2, -0.15) is 0 Å². The third-order valence-corrected chi connectivity index (χ3v) is 6.58. The van der Waals surface area contributed by atoms with E-state index in [1.807, 2.05) is 71.6 Å². The third-order valence-electron chi connectivity index (χ3n) is 5.09. The van der Waals surface area contributed by atoms with Crippen LogP contribution in [-0.2, 0) is 4.79 Å². The second-order valence-corrected chi connectivity index (χ2v) is 8.63. The minimum Gasteiger partial charge on any atom is -0.368 e. The van der Waals surface area contributed by atoms with Crippen LogP contribution in [0.2, 0.25) is 5.02 Å². The molecular weight excluding hydrogens is 400 g/mol. The Labute approximate surface area is 181 Å². The van der Waals surface area contributed by atoms with Gasteiger partial charge in [0, 0.05) is 41.8 Å². The minimum absolute atomic E-state index is 0.177. The summed E-state index contributed by atoms with van der Waals surface area (Å²) in [7, 11) is 0. The summed E-state index contributed by atoms with van der Waals surface area (Å²) in [4.78, 5) is 18.9. The van der Waals surface area contributed by atoms with Gasteiger partial charge in [0.25, 0.3) is 0 Å². The molecule has 1 aliphatic heterocycles. The van der Waals surface area contributed by atoms with Crippen LogP contribution in [-0.4, -0.2) is 37.0 Å². The van der Waals surface area contributed by atoms with Crippen molar-refractivity contribution in [2.45, 2.75) is 10.1 Å². The molecule has 0 saturated carbocycles. The average Bonchev–Trinajstić information content (AvgIpc) is 2.78. The molecule has 0 radical (unpaired) electrons. The summed E-state index contributed by atoms with van der Waals surface area (Å²) in [6, 6.07) is 28.1. The predicted molar refractivity (Wildman–Crippen MR) is 122 cm³/mol. The second kappa shape index (κ2) is 9.38. The molecule has 0 aliphatic carbocycles. The number of benzene rings is 3. The maximum Gasteiger partial charge on any atom is 0.240 e. The van der Waals surface area contributed by atoms with E-state index in [1.54, 1.807) is 11.8 Å². The van der Waals surface area contributed by atoms with Gasteiger partial charge in [0.1, 0.15) is 5.25 Å². The number of piperazine rings is 1. The van der Waals surface area contributed by atoms with Crippen molar-refractivity contribution < 1.29 is 4.79 Å². The summed E-state index contributed by atoms with van der Waals surface area (Å²) in [6.45, 7) is 3.04. The highest BCUT2D eigenvalue weighted by Crippen LogP contribution is 2.37. The highest BCUT2D eigenvalue weighted by Gasteiger charge is 2.29. The van der Waals surface area contributed by atoms with Gasteiger partial charge in [-0.05, 0) is 35.9 Å². The Balaban J connectivity index is 1.48. The molecular formula is C24H23ClN2OS. The molecule has 0 bridgehead atoms. The quantitative estimate of drug-likeness (QED) is 0.505. The van der Waals surface area contributed by atoms with Crippen LogP contribution >= 0.6 is 23.4 Å². The predicted octanol–water partition coefficient (Wildman–Crippen LogP) is 5.52. The molecule has 148 valence electrons. The number of anilines is 1. The van der Waals surface area contributed by atoms with E-state index in [1.165, 1.54) is 0 Å². The number of rotatable bonds is 5. The lowest BCUT2D eigenvalue weighted by Gasteiger charge is -2.37. The van der Waals surface area contributed by atoms with Gasteiger partial charge >= 0.3 is 0 Å². The molecule has 0 aromatic heterocycles. The molecule has 3 aromatic rings. The van der Waals surface area contributed by atoms with E-state index < -0.39 is 0 Å². The summed E-state index contributed by atoms with van der Waals surface area (Å²) in [5, 5.41) is 0.501. The molecule has 1 saturated heterocycles. The number of nitrogens with zero attached hydrogens (tertiary/aromatic N) is 2. The maximum absolute atomic E-state index is 13.5. The molecule has 1 unspecified atom stereocenters. The van der Waals surface area contributed by atoms with Crippen molar-refractivity contribution in [1.82, 2.24) is 4.90 Å². The largest absolute Gasteiger partial charge is 0.368 e. The van der Waals surface area contributed by atoms with Crippen LogP contribution in [0.3, 0.4) is 0 Å². The number of carbonyl (C=O) groups is 1. The van der Waals surface area contributed by atoms with E-state index in [0.717, 1.165) is 34.3 Å². The fourth-order valence-corrected chi connectivity index (χ4v) is 4.86. The molecule has 4 rings (SSSR count). The van der Waals surface area contributed by atoms with Crippen molar-refractivity contribution in [2.75, 3.05) is 31.1 Å². The van der Waals surface area contributed by atoms with Crippen molar-refractivity contribution in [3.05, 3.63) is 95.5 Å². The Morgan fingerprint density at radius 3 is 2.14 bits per heavy atom. The fraction of sp³-hybridized carbons (Fsp3) is 0.208. The van der Waals surface area contributed by atoms with Gasteiger partial charge in [0.15, 0.2) is 0 Å². The van der Waals surface area contributed by atoms with Crippen LogP contribution in [0.25, 0.3) is 0 Å². The van der Waals surface area contributed by atoms with Crippen molar-refractivity contribution in [3.63, 3.8) is 0 Å². The van der Waals surface area contributed by atoms with Crippen LogP contribution in [0.1, 0.15) is 10.8 Å². The Morgan fingerprint density at radius 2 is 1.48 bits per heavy atom. The normalized spacial score (nSPS) is 15.2. The maximum atomic E-state index is 13.5. The summed E-state index contributed by atoms with van der Waals surface area (Å²) in [5.74, 6) is 0.177. The number of amides is 1. The standard InChI is InChI=1S/C24H23ClN2OS/c25-20-10-7-11-21(18-20)26-14-16-27(17-15-26)24(28)23(19-8-3-1-4-9-19)29-22-12-5-2-6-13-22/h1-13,18,23H,14-17H2. The van der Waals surface area contributed by atoms with Crippen LogP contribution in [0.4, 0.5) is 5.69 Å². The zero-order chi connectivity index (χ0) is 20.1. The molecule has 3 nitrogen and oxygen atoms in total. The Bertz CT molecular complexity index is 943. The Morgan fingerprint density at radius 1 is 0.828 bits per heavy atom. The molecule has 1 amide bonds. The SMILES string of the molecule is O=C(C(Sc1ccccc1)c1ccccc1)N1CCN(c2cccc(Cl)c2)CC1. The topological polar surface area (TPSA) is 23.6 Å². The first kappa shape index (κ1) is 19.9. The van der Waals surface area contributed by atoms with Gasteiger partial charge in [0.05, 0.1) is 0 Å². The number of hydrogen-bond donors (Lipinski definition) is 0. The molecule has 1 heterocycles. The van der Waals surface area contributed by atoms with E-state index in [0.29, 0.717) is 13.1 Å². The van der Waals surface area contributed by atoms with E-state index in [4.69, 9.17) is 11.6 Å².